The molecule has 0 radical (unpaired) electrons. The van der Waals surface area contributed by atoms with Crippen LogP contribution in [0.15, 0.2) is 42.5 Å². The number of benzene rings is 2. The van der Waals surface area contributed by atoms with Gasteiger partial charge in [0.05, 0.1) is 13.2 Å². The molecule has 5 heteroatoms. The zero-order chi connectivity index (χ0) is 20.9. The van der Waals surface area contributed by atoms with Crippen molar-refractivity contribution in [2.24, 2.45) is 0 Å². The van der Waals surface area contributed by atoms with E-state index < -0.39 is 0 Å². The molecule has 1 unspecified atom stereocenters. The van der Waals surface area contributed by atoms with E-state index in [0.717, 1.165) is 38.1 Å². The number of carbonyl (C=O) groups excluding carboxylic acids is 1. The van der Waals surface area contributed by atoms with E-state index in [-0.39, 0.29) is 18.1 Å². The largest absolute Gasteiger partial charge is 0.497 e. The van der Waals surface area contributed by atoms with Crippen molar-refractivity contribution in [1.82, 2.24) is 10.6 Å². The summed E-state index contributed by atoms with van der Waals surface area (Å²) in [5.41, 5.74) is 5.34. The van der Waals surface area contributed by atoms with Crippen molar-refractivity contribution in [2.45, 2.75) is 57.5 Å². The third-order valence-electron chi connectivity index (χ3n) is 6.49. The summed E-state index contributed by atoms with van der Waals surface area (Å²) in [6.07, 6.45) is 6.81. The molecule has 2 aromatic carbocycles. The van der Waals surface area contributed by atoms with Crippen LogP contribution in [0.5, 0.6) is 5.75 Å². The first-order chi connectivity index (χ1) is 14.6. The smallest absolute Gasteiger partial charge is 0.315 e. The van der Waals surface area contributed by atoms with E-state index in [1.807, 2.05) is 12.1 Å². The molecule has 4 rings (SSSR count). The second-order valence-corrected chi connectivity index (χ2v) is 8.53. The van der Waals surface area contributed by atoms with E-state index in [4.69, 9.17) is 4.74 Å². The Kier molecular flexibility index (Phi) is 6.46. The number of nitrogens with zero attached hydrogens (tertiary/aromatic N) is 1. The van der Waals surface area contributed by atoms with E-state index in [0.29, 0.717) is 0 Å². The van der Waals surface area contributed by atoms with Crippen LogP contribution in [0.1, 0.15) is 55.3 Å². The number of hydrogen-bond acceptors (Lipinski definition) is 3. The lowest BCUT2D eigenvalue weighted by molar-refractivity contribution is 0.231. The minimum absolute atomic E-state index is 0.0108. The SMILES string of the molecule is COc1ccc(N2CCC(NC(=O)NC(C)c3ccc4c(c3)CCCC4)CC2)cc1. The number of aryl methyl sites for hydroxylation is 2. The summed E-state index contributed by atoms with van der Waals surface area (Å²) in [6.45, 7) is 3.95. The molecule has 1 aliphatic heterocycles. The summed E-state index contributed by atoms with van der Waals surface area (Å²) < 4.78 is 5.24. The van der Waals surface area contributed by atoms with Crippen LogP contribution in [0.4, 0.5) is 10.5 Å². The average Bonchev–Trinajstić information content (AvgIpc) is 2.79. The van der Waals surface area contributed by atoms with E-state index in [9.17, 15) is 4.79 Å². The van der Waals surface area contributed by atoms with Gasteiger partial charge in [0.25, 0.3) is 0 Å². The Hall–Kier alpha value is -2.69. The molecule has 2 aliphatic rings. The van der Waals surface area contributed by atoms with E-state index in [1.165, 1.54) is 41.6 Å². The Labute approximate surface area is 179 Å². The highest BCUT2D eigenvalue weighted by Crippen LogP contribution is 2.25. The Morgan fingerprint density at radius 3 is 2.43 bits per heavy atom. The summed E-state index contributed by atoms with van der Waals surface area (Å²) in [4.78, 5) is 14.9. The maximum atomic E-state index is 12.6. The van der Waals surface area contributed by atoms with Crippen molar-refractivity contribution >= 4 is 11.7 Å². The fourth-order valence-electron chi connectivity index (χ4n) is 4.60. The molecule has 0 spiro atoms. The van der Waals surface area contributed by atoms with Gasteiger partial charge >= 0.3 is 6.03 Å². The molecule has 30 heavy (non-hydrogen) atoms. The predicted molar refractivity (Wildman–Crippen MR) is 121 cm³/mol. The molecule has 2 aromatic rings. The average molecular weight is 408 g/mol. The van der Waals surface area contributed by atoms with Crippen molar-refractivity contribution in [3.8, 4) is 5.75 Å². The van der Waals surface area contributed by atoms with Crippen LogP contribution in [0, 0.1) is 0 Å². The van der Waals surface area contributed by atoms with Gasteiger partial charge in [0.1, 0.15) is 5.75 Å². The molecule has 1 heterocycles. The Morgan fingerprint density at radius 2 is 1.73 bits per heavy atom. The van der Waals surface area contributed by atoms with Crippen molar-refractivity contribution in [1.29, 1.82) is 0 Å². The first kappa shape index (κ1) is 20.6. The maximum absolute atomic E-state index is 12.6. The molecular weight excluding hydrogens is 374 g/mol. The highest BCUT2D eigenvalue weighted by molar-refractivity contribution is 5.74. The Balaban J connectivity index is 1.25. The molecule has 2 N–H and O–H groups in total. The molecule has 0 saturated carbocycles. The minimum Gasteiger partial charge on any atom is -0.497 e. The summed E-state index contributed by atoms with van der Waals surface area (Å²) in [5.74, 6) is 0.875. The van der Waals surface area contributed by atoms with Crippen LogP contribution in [0.3, 0.4) is 0 Å². The number of nitrogens with one attached hydrogen (secondary N) is 2. The number of carbonyl (C=O) groups is 1. The monoisotopic (exact) mass is 407 g/mol. The zero-order valence-corrected chi connectivity index (χ0v) is 18.1. The van der Waals surface area contributed by atoms with Gasteiger partial charge in [-0.3, -0.25) is 0 Å². The maximum Gasteiger partial charge on any atom is 0.315 e. The summed E-state index contributed by atoms with van der Waals surface area (Å²) >= 11 is 0. The molecule has 160 valence electrons. The lowest BCUT2D eigenvalue weighted by Crippen LogP contribution is -2.48. The molecule has 1 aliphatic carbocycles. The van der Waals surface area contributed by atoms with Gasteiger partial charge in [-0.25, -0.2) is 4.79 Å². The second kappa shape index (κ2) is 9.41. The molecule has 2 amide bonds. The predicted octanol–water partition coefficient (Wildman–Crippen LogP) is 4.60. The van der Waals surface area contributed by atoms with Crippen LogP contribution in [-0.2, 0) is 12.8 Å². The Bertz CT molecular complexity index is 857. The van der Waals surface area contributed by atoms with Crippen molar-refractivity contribution < 1.29 is 9.53 Å². The molecule has 1 fully saturated rings. The van der Waals surface area contributed by atoms with Gasteiger partial charge in [0.2, 0.25) is 0 Å². The summed E-state index contributed by atoms with van der Waals surface area (Å²) in [7, 11) is 1.68. The van der Waals surface area contributed by atoms with E-state index >= 15 is 0 Å². The third kappa shape index (κ3) is 4.89. The molecule has 1 saturated heterocycles. The first-order valence-electron chi connectivity index (χ1n) is 11.2. The number of methoxy groups -OCH3 is 1. The zero-order valence-electron chi connectivity index (χ0n) is 18.1. The summed E-state index contributed by atoms with van der Waals surface area (Å²) in [5, 5.41) is 6.30. The van der Waals surface area contributed by atoms with Gasteiger partial charge in [0.15, 0.2) is 0 Å². The van der Waals surface area contributed by atoms with E-state index in [1.54, 1.807) is 7.11 Å². The fraction of sp³-hybridized carbons (Fsp3) is 0.480. The van der Waals surface area contributed by atoms with Crippen LogP contribution in [-0.4, -0.2) is 32.3 Å². The number of hydrogen-bond donors (Lipinski definition) is 2. The topological polar surface area (TPSA) is 53.6 Å². The molecule has 0 bridgehead atoms. The molecule has 1 atom stereocenters. The van der Waals surface area contributed by atoms with Gasteiger partial charge in [-0.05, 0) is 86.4 Å². The number of amides is 2. The summed E-state index contributed by atoms with van der Waals surface area (Å²) in [6, 6.07) is 15.0. The van der Waals surface area contributed by atoms with Crippen LogP contribution >= 0.6 is 0 Å². The normalized spacial score (nSPS) is 17.7. The van der Waals surface area contributed by atoms with Crippen LogP contribution in [0.2, 0.25) is 0 Å². The number of anilines is 1. The van der Waals surface area contributed by atoms with Gasteiger partial charge in [-0.15, -0.1) is 0 Å². The van der Waals surface area contributed by atoms with Gasteiger partial charge < -0.3 is 20.3 Å². The lowest BCUT2D eigenvalue weighted by Gasteiger charge is -2.34. The van der Waals surface area contributed by atoms with Gasteiger partial charge in [0, 0.05) is 24.8 Å². The van der Waals surface area contributed by atoms with Crippen LogP contribution < -0.4 is 20.3 Å². The lowest BCUT2D eigenvalue weighted by atomic mass is 9.89. The van der Waals surface area contributed by atoms with Crippen molar-refractivity contribution in [3.05, 3.63) is 59.2 Å². The second-order valence-electron chi connectivity index (χ2n) is 8.53. The molecule has 0 aromatic heterocycles. The number of piperidine rings is 1. The number of ether oxygens (including phenoxy) is 1. The van der Waals surface area contributed by atoms with Gasteiger partial charge in [-0.1, -0.05) is 18.2 Å². The first-order valence-corrected chi connectivity index (χ1v) is 11.2. The van der Waals surface area contributed by atoms with Gasteiger partial charge in [-0.2, -0.15) is 0 Å². The standard InChI is InChI=1S/C25H33N3O2/c1-18(20-8-7-19-5-3-4-6-21(19)17-20)26-25(29)27-22-13-15-28(16-14-22)23-9-11-24(30-2)12-10-23/h7-12,17-18,22H,3-6,13-16H2,1-2H3,(H2,26,27,29). The number of fused-ring (bicyclic) bond motifs is 1. The Morgan fingerprint density at radius 1 is 1.03 bits per heavy atom. The van der Waals surface area contributed by atoms with Crippen molar-refractivity contribution in [3.63, 3.8) is 0 Å². The highest BCUT2D eigenvalue weighted by atomic mass is 16.5. The van der Waals surface area contributed by atoms with Crippen LogP contribution in [0.25, 0.3) is 0 Å². The quantitative estimate of drug-likeness (QED) is 0.761. The highest BCUT2D eigenvalue weighted by Gasteiger charge is 2.22. The number of urea groups is 1. The van der Waals surface area contributed by atoms with Crippen molar-refractivity contribution in [2.75, 3.05) is 25.1 Å². The molecular formula is C25H33N3O2. The number of rotatable bonds is 5. The third-order valence-corrected chi connectivity index (χ3v) is 6.49. The molecule has 5 nitrogen and oxygen atoms in total. The minimum atomic E-state index is -0.0666. The fourth-order valence-corrected chi connectivity index (χ4v) is 4.60. The van der Waals surface area contributed by atoms with E-state index in [2.05, 4.69) is 52.8 Å².